The van der Waals surface area contributed by atoms with Crippen LogP contribution in [-0.2, 0) is 0 Å². The monoisotopic (exact) mass is 400 g/mol. The van der Waals surface area contributed by atoms with E-state index in [4.69, 9.17) is 21.4 Å². The van der Waals surface area contributed by atoms with E-state index in [0.717, 1.165) is 43.3 Å². The molecule has 5 rings (SSSR count). The second kappa shape index (κ2) is 6.74. The highest BCUT2D eigenvalue weighted by Crippen LogP contribution is 2.39. The molecule has 136 valence electrons. The Morgan fingerprint density at radius 2 is 1.32 bits per heavy atom. The minimum Gasteiger partial charge on any atom is -0.399 e. The normalized spacial score (nSPS) is 11.1. The first kappa shape index (κ1) is 16.9. The van der Waals surface area contributed by atoms with Crippen molar-refractivity contribution in [3.8, 4) is 32.3 Å². The number of benzene rings is 2. The first-order chi connectivity index (χ1) is 13.7. The van der Waals surface area contributed by atoms with Crippen molar-refractivity contribution >= 4 is 45.1 Å². The van der Waals surface area contributed by atoms with E-state index in [2.05, 4.69) is 22.9 Å². The molecule has 4 N–H and O–H groups in total. The first-order valence-corrected chi connectivity index (χ1v) is 10.5. The zero-order valence-corrected chi connectivity index (χ0v) is 16.4. The zero-order valence-electron chi connectivity index (χ0n) is 14.8. The van der Waals surface area contributed by atoms with Crippen LogP contribution in [0.25, 0.3) is 43.3 Å². The van der Waals surface area contributed by atoms with Gasteiger partial charge in [0.15, 0.2) is 0 Å². The first-order valence-electron chi connectivity index (χ1n) is 8.74. The Bertz CT molecular complexity index is 1260. The van der Waals surface area contributed by atoms with Crippen LogP contribution in [0.3, 0.4) is 0 Å². The van der Waals surface area contributed by atoms with Crippen molar-refractivity contribution in [2.45, 2.75) is 0 Å². The van der Waals surface area contributed by atoms with Gasteiger partial charge in [-0.3, -0.25) is 0 Å². The van der Waals surface area contributed by atoms with Gasteiger partial charge in [-0.25, -0.2) is 9.97 Å². The summed E-state index contributed by atoms with van der Waals surface area (Å²) in [5, 5.41) is 4.11. The molecular weight excluding hydrogens is 384 g/mol. The maximum atomic E-state index is 6.36. The van der Waals surface area contributed by atoms with E-state index >= 15 is 0 Å². The fourth-order valence-corrected chi connectivity index (χ4v) is 4.69. The molecule has 0 atom stereocenters. The average molecular weight is 401 g/mol. The van der Waals surface area contributed by atoms with Crippen LogP contribution in [0.15, 0.2) is 71.4 Å². The Balaban J connectivity index is 1.84. The molecule has 6 heteroatoms. The minimum absolute atomic E-state index is 0.674. The largest absolute Gasteiger partial charge is 0.399 e. The van der Waals surface area contributed by atoms with Crippen LogP contribution < -0.4 is 11.5 Å². The van der Waals surface area contributed by atoms with Gasteiger partial charge in [0.05, 0.1) is 20.8 Å². The van der Waals surface area contributed by atoms with Gasteiger partial charge in [-0.15, -0.1) is 22.7 Å². The number of hydrogen-bond acceptors (Lipinski definition) is 6. The number of anilines is 2. The highest BCUT2D eigenvalue weighted by atomic mass is 32.1. The summed E-state index contributed by atoms with van der Waals surface area (Å²) in [6.45, 7) is 0. The van der Waals surface area contributed by atoms with Crippen molar-refractivity contribution in [1.82, 2.24) is 9.97 Å². The molecule has 3 heterocycles. The Morgan fingerprint density at radius 1 is 0.679 bits per heavy atom. The Kier molecular flexibility index (Phi) is 4.07. The summed E-state index contributed by atoms with van der Waals surface area (Å²) in [6, 6.07) is 19.8. The van der Waals surface area contributed by atoms with Crippen molar-refractivity contribution in [3.05, 3.63) is 71.4 Å². The molecule has 0 aliphatic heterocycles. The summed E-state index contributed by atoms with van der Waals surface area (Å²) in [4.78, 5) is 12.3. The standard InChI is InChI=1S/C22H16N4S2/c23-14-7-5-13(6-8-14)19-15(24)9-10-16-20(19)26-22(18-4-2-12-28-18)21(25-16)17-3-1-11-27-17/h1-12H,23-24H2. The van der Waals surface area contributed by atoms with E-state index in [1.54, 1.807) is 22.7 Å². The summed E-state index contributed by atoms with van der Waals surface area (Å²) in [7, 11) is 0. The molecule has 0 amide bonds. The third-order valence-electron chi connectivity index (χ3n) is 4.58. The van der Waals surface area contributed by atoms with Crippen LogP contribution >= 0.6 is 22.7 Å². The number of aromatic nitrogens is 2. The topological polar surface area (TPSA) is 77.8 Å². The van der Waals surface area contributed by atoms with Crippen LogP contribution in [0.4, 0.5) is 11.4 Å². The number of hydrogen-bond donors (Lipinski definition) is 2. The van der Waals surface area contributed by atoms with Gasteiger partial charge in [0, 0.05) is 16.9 Å². The Morgan fingerprint density at radius 3 is 1.93 bits per heavy atom. The van der Waals surface area contributed by atoms with Crippen molar-refractivity contribution < 1.29 is 0 Å². The lowest BCUT2D eigenvalue weighted by atomic mass is 10.0. The third-order valence-corrected chi connectivity index (χ3v) is 6.33. The molecule has 0 bridgehead atoms. The SMILES string of the molecule is Nc1ccc(-c2c(N)ccc3nc(-c4cccs4)c(-c4cccs4)nc23)cc1. The Hall–Kier alpha value is -3.22. The van der Waals surface area contributed by atoms with E-state index in [1.807, 2.05) is 48.5 Å². The van der Waals surface area contributed by atoms with Gasteiger partial charge < -0.3 is 11.5 Å². The number of nitrogens with zero attached hydrogens (tertiary/aromatic N) is 2. The Labute approximate surface area is 170 Å². The van der Waals surface area contributed by atoms with Crippen LogP contribution in [0.1, 0.15) is 0 Å². The summed E-state index contributed by atoms with van der Waals surface area (Å²) in [5.41, 5.74) is 18.9. The van der Waals surface area contributed by atoms with Crippen molar-refractivity contribution in [2.75, 3.05) is 11.5 Å². The molecule has 28 heavy (non-hydrogen) atoms. The molecule has 0 saturated carbocycles. The predicted molar refractivity (Wildman–Crippen MR) is 120 cm³/mol. The van der Waals surface area contributed by atoms with Crippen LogP contribution in [0.2, 0.25) is 0 Å². The van der Waals surface area contributed by atoms with Gasteiger partial charge >= 0.3 is 0 Å². The third kappa shape index (κ3) is 2.83. The molecule has 4 nitrogen and oxygen atoms in total. The predicted octanol–water partition coefficient (Wildman–Crippen LogP) is 5.92. The zero-order chi connectivity index (χ0) is 19.1. The molecule has 2 aromatic carbocycles. The molecule has 5 aromatic rings. The van der Waals surface area contributed by atoms with Gasteiger partial charge in [-0.05, 0) is 52.7 Å². The van der Waals surface area contributed by atoms with Gasteiger partial charge in [0.25, 0.3) is 0 Å². The van der Waals surface area contributed by atoms with Gasteiger partial charge in [0.2, 0.25) is 0 Å². The number of thiophene rings is 2. The van der Waals surface area contributed by atoms with Crippen LogP contribution in [0.5, 0.6) is 0 Å². The molecule has 0 aliphatic carbocycles. The van der Waals surface area contributed by atoms with Gasteiger partial charge in [-0.1, -0.05) is 24.3 Å². The van der Waals surface area contributed by atoms with E-state index in [0.29, 0.717) is 11.4 Å². The molecule has 0 unspecified atom stereocenters. The smallest absolute Gasteiger partial charge is 0.108 e. The summed E-state index contributed by atoms with van der Waals surface area (Å²) in [5.74, 6) is 0. The lowest BCUT2D eigenvalue weighted by Gasteiger charge is -2.13. The fraction of sp³-hybridized carbons (Fsp3) is 0. The van der Waals surface area contributed by atoms with Crippen LogP contribution in [0, 0.1) is 0 Å². The maximum Gasteiger partial charge on any atom is 0.108 e. The quantitative estimate of drug-likeness (QED) is 0.369. The van der Waals surface area contributed by atoms with E-state index < -0.39 is 0 Å². The van der Waals surface area contributed by atoms with Gasteiger partial charge in [0.1, 0.15) is 11.4 Å². The number of nitrogen functional groups attached to an aromatic ring is 2. The fourth-order valence-electron chi connectivity index (χ4n) is 3.26. The second-order valence-corrected chi connectivity index (χ2v) is 8.29. The van der Waals surface area contributed by atoms with Crippen LogP contribution in [-0.4, -0.2) is 9.97 Å². The maximum absolute atomic E-state index is 6.36. The average Bonchev–Trinajstić information content (AvgIpc) is 3.42. The minimum atomic E-state index is 0.674. The summed E-state index contributed by atoms with van der Waals surface area (Å²) in [6.07, 6.45) is 0. The molecule has 0 aliphatic rings. The highest BCUT2D eigenvalue weighted by Gasteiger charge is 2.18. The second-order valence-electron chi connectivity index (χ2n) is 6.39. The molecule has 0 spiro atoms. The van der Waals surface area contributed by atoms with Gasteiger partial charge in [-0.2, -0.15) is 0 Å². The highest BCUT2D eigenvalue weighted by molar-refractivity contribution is 7.14. The van der Waals surface area contributed by atoms with E-state index in [9.17, 15) is 0 Å². The summed E-state index contributed by atoms with van der Waals surface area (Å²) < 4.78 is 0. The summed E-state index contributed by atoms with van der Waals surface area (Å²) >= 11 is 3.32. The van der Waals surface area contributed by atoms with E-state index in [-0.39, 0.29) is 0 Å². The number of fused-ring (bicyclic) bond motifs is 1. The van der Waals surface area contributed by atoms with Crippen molar-refractivity contribution in [1.29, 1.82) is 0 Å². The molecular formula is C22H16N4S2. The lowest BCUT2D eigenvalue weighted by molar-refractivity contribution is 1.31. The molecule has 0 fully saturated rings. The lowest BCUT2D eigenvalue weighted by Crippen LogP contribution is -1.98. The number of rotatable bonds is 3. The number of nitrogens with two attached hydrogens (primary N) is 2. The van der Waals surface area contributed by atoms with E-state index in [1.165, 1.54) is 0 Å². The van der Waals surface area contributed by atoms with Crippen molar-refractivity contribution in [2.24, 2.45) is 0 Å². The van der Waals surface area contributed by atoms with Crippen molar-refractivity contribution in [3.63, 3.8) is 0 Å². The molecule has 0 saturated heterocycles. The molecule has 3 aromatic heterocycles. The molecule has 0 radical (unpaired) electrons.